The average Bonchev–Trinajstić information content (AvgIpc) is 3.10. The Morgan fingerprint density at radius 2 is 1.74 bits per heavy atom. The molecule has 2 heterocycles. The Balaban J connectivity index is 1.32. The van der Waals surface area contributed by atoms with Crippen LogP contribution in [-0.2, 0) is 4.79 Å². The highest BCUT2D eigenvalue weighted by atomic mass is 35.5. The van der Waals surface area contributed by atoms with E-state index >= 15 is 0 Å². The summed E-state index contributed by atoms with van der Waals surface area (Å²) in [4.78, 5) is 22.4. The Morgan fingerprint density at radius 1 is 1.04 bits per heavy atom. The van der Waals surface area contributed by atoms with E-state index in [1.165, 1.54) is 0 Å². The van der Waals surface area contributed by atoms with Gasteiger partial charge in [-0.15, -0.1) is 11.8 Å². The van der Waals surface area contributed by atoms with Gasteiger partial charge in [0.25, 0.3) is 0 Å². The second-order valence-corrected chi connectivity index (χ2v) is 9.15. The van der Waals surface area contributed by atoms with Gasteiger partial charge >= 0.3 is 0 Å². The molecule has 1 aliphatic heterocycles. The van der Waals surface area contributed by atoms with Gasteiger partial charge < -0.3 is 9.80 Å². The zero-order valence-electron chi connectivity index (χ0n) is 14.4. The highest BCUT2D eigenvalue weighted by molar-refractivity contribution is 8.00. The van der Waals surface area contributed by atoms with E-state index in [2.05, 4.69) is 4.90 Å². The minimum Gasteiger partial charge on any atom is -0.345 e. The second-order valence-electron chi connectivity index (χ2n) is 6.22. The van der Waals surface area contributed by atoms with E-state index in [9.17, 15) is 4.79 Å². The van der Waals surface area contributed by atoms with Crippen LogP contribution in [0.5, 0.6) is 0 Å². The van der Waals surface area contributed by atoms with Crippen molar-refractivity contribution in [2.24, 2.45) is 0 Å². The van der Waals surface area contributed by atoms with Crippen LogP contribution in [0.2, 0.25) is 10.0 Å². The first-order valence-corrected chi connectivity index (χ1v) is 11.1. The maximum absolute atomic E-state index is 12.5. The molecule has 0 radical (unpaired) electrons. The first-order valence-electron chi connectivity index (χ1n) is 8.56. The zero-order chi connectivity index (χ0) is 18.8. The Labute approximate surface area is 176 Å². The van der Waals surface area contributed by atoms with Crippen molar-refractivity contribution in [3.63, 3.8) is 0 Å². The van der Waals surface area contributed by atoms with Gasteiger partial charge in [0, 0.05) is 41.1 Å². The van der Waals surface area contributed by atoms with Crippen molar-refractivity contribution in [1.82, 2.24) is 9.88 Å². The first-order chi connectivity index (χ1) is 13.1. The average molecular weight is 438 g/mol. The number of hydrogen-bond acceptors (Lipinski definition) is 5. The quantitative estimate of drug-likeness (QED) is 0.535. The summed E-state index contributed by atoms with van der Waals surface area (Å²) in [6.07, 6.45) is 0. The van der Waals surface area contributed by atoms with Crippen LogP contribution in [-0.4, -0.2) is 47.7 Å². The van der Waals surface area contributed by atoms with E-state index in [1.807, 2.05) is 47.4 Å². The van der Waals surface area contributed by atoms with Crippen molar-refractivity contribution < 1.29 is 4.79 Å². The Morgan fingerprint density at radius 3 is 2.48 bits per heavy atom. The molecule has 1 fully saturated rings. The van der Waals surface area contributed by atoms with Crippen molar-refractivity contribution >= 4 is 67.6 Å². The molecule has 1 saturated heterocycles. The lowest BCUT2D eigenvalue weighted by atomic mass is 10.3. The van der Waals surface area contributed by atoms with Crippen LogP contribution >= 0.6 is 46.3 Å². The molecule has 0 atom stereocenters. The smallest absolute Gasteiger partial charge is 0.233 e. The fraction of sp³-hybridized carbons (Fsp3) is 0.263. The van der Waals surface area contributed by atoms with E-state index in [-0.39, 0.29) is 5.91 Å². The molecule has 4 nitrogen and oxygen atoms in total. The van der Waals surface area contributed by atoms with Crippen LogP contribution in [0.25, 0.3) is 10.2 Å². The summed E-state index contributed by atoms with van der Waals surface area (Å²) in [6.45, 7) is 3.03. The highest BCUT2D eigenvalue weighted by Crippen LogP contribution is 2.31. The summed E-state index contributed by atoms with van der Waals surface area (Å²) in [5.41, 5.74) is 0.970. The van der Waals surface area contributed by atoms with Gasteiger partial charge in [-0.1, -0.05) is 34.5 Å². The molecule has 8 heteroatoms. The molecule has 27 heavy (non-hydrogen) atoms. The molecule has 0 spiro atoms. The van der Waals surface area contributed by atoms with E-state index in [0.717, 1.165) is 51.4 Å². The van der Waals surface area contributed by atoms with Crippen LogP contribution in [0.4, 0.5) is 5.13 Å². The van der Waals surface area contributed by atoms with Crippen molar-refractivity contribution in [2.45, 2.75) is 4.90 Å². The lowest BCUT2D eigenvalue weighted by Gasteiger charge is -2.34. The number of fused-ring (bicyclic) bond motifs is 1. The summed E-state index contributed by atoms with van der Waals surface area (Å²) in [5, 5.41) is 2.43. The van der Waals surface area contributed by atoms with E-state index < -0.39 is 0 Å². The predicted molar refractivity (Wildman–Crippen MR) is 116 cm³/mol. The number of hydrogen-bond donors (Lipinski definition) is 0. The third-order valence-corrected chi connectivity index (χ3v) is 6.98. The van der Waals surface area contributed by atoms with E-state index in [1.54, 1.807) is 23.1 Å². The lowest BCUT2D eigenvalue weighted by molar-refractivity contribution is -0.128. The number of aromatic nitrogens is 1. The molecule has 0 N–H and O–H groups in total. The molecule has 3 aromatic rings. The standard InChI is InChI=1S/C19H17Cl2N3OS2/c20-13-1-4-15(5-2-13)26-12-18(25)23-7-9-24(10-8-23)19-22-16-6-3-14(21)11-17(16)27-19/h1-6,11H,7-10,12H2. The number of benzene rings is 2. The zero-order valence-corrected chi connectivity index (χ0v) is 17.5. The maximum Gasteiger partial charge on any atom is 0.233 e. The summed E-state index contributed by atoms with van der Waals surface area (Å²) in [7, 11) is 0. The largest absolute Gasteiger partial charge is 0.345 e. The number of nitrogens with zero attached hydrogens (tertiary/aromatic N) is 3. The lowest BCUT2D eigenvalue weighted by Crippen LogP contribution is -2.49. The van der Waals surface area contributed by atoms with Gasteiger partial charge in [-0.2, -0.15) is 0 Å². The van der Waals surface area contributed by atoms with Crippen molar-refractivity contribution in [1.29, 1.82) is 0 Å². The number of carbonyl (C=O) groups is 1. The van der Waals surface area contributed by atoms with Gasteiger partial charge in [0.15, 0.2) is 5.13 Å². The van der Waals surface area contributed by atoms with E-state index in [4.69, 9.17) is 28.2 Å². The number of thioether (sulfide) groups is 1. The van der Waals surface area contributed by atoms with Crippen LogP contribution in [0.15, 0.2) is 47.4 Å². The molecule has 1 amide bonds. The summed E-state index contributed by atoms with van der Waals surface area (Å²) >= 11 is 15.2. The minimum atomic E-state index is 0.172. The molecule has 0 aliphatic carbocycles. The molecule has 4 rings (SSSR count). The van der Waals surface area contributed by atoms with Crippen LogP contribution < -0.4 is 4.90 Å². The van der Waals surface area contributed by atoms with Crippen LogP contribution in [0.1, 0.15) is 0 Å². The maximum atomic E-state index is 12.5. The monoisotopic (exact) mass is 437 g/mol. The third-order valence-electron chi connectivity index (χ3n) is 4.42. The molecular formula is C19H17Cl2N3OS2. The Bertz CT molecular complexity index is 953. The number of rotatable bonds is 4. The SMILES string of the molecule is O=C(CSc1ccc(Cl)cc1)N1CCN(c2nc3ccc(Cl)cc3s2)CC1. The van der Waals surface area contributed by atoms with Gasteiger partial charge in [0.1, 0.15) is 0 Å². The van der Waals surface area contributed by atoms with E-state index in [0.29, 0.717) is 10.8 Å². The van der Waals surface area contributed by atoms with Gasteiger partial charge in [-0.05, 0) is 42.5 Å². The molecular weight excluding hydrogens is 421 g/mol. The molecule has 0 saturated carbocycles. The fourth-order valence-electron chi connectivity index (χ4n) is 2.94. The topological polar surface area (TPSA) is 36.4 Å². The molecule has 1 aliphatic rings. The van der Waals surface area contributed by atoms with Gasteiger partial charge in [0.2, 0.25) is 5.91 Å². The normalized spacial score (nSPS) is 14.7. The molecule has 0 bridgehead atoms. The van der Waals surface area contributed by atoms with Crippen molar-refractivity contribution in [3.05, 3.63) is 52.5 Å². The third kappa shape index (κ3) is 4.51. The number of halogens is 2. The van der Waals surface area contributed by atoms with Gasteiger partial charge in [-0.25, -0.2) is 4.98 Å². The molecule has 1 aromatic heterocycles. The highest BCUT2D eigenvalue weighted by Gasteiger charge is 2.23. The number of anilines is 1. The predicted octanol–water partition coefficient (Wildman–Crippen LogP) is 5.04. The summed E-state index contributed by atoms with van der Waals surface area (Å²) in [5.74, 6) is 0.618. The minimum absolute atomic E-state index is 0.172. The fourth-order valence-corrected chi connectivity index (χ4v) is 5.16. The van der Waals surface area contributed by atoms with Crippen LogP contribution in [0, 0.1) is 0 Å². The van der Waals surface area contributed by atoms with Crippen molar-refractivity contribution in [2.75, 3.05) is 36.8 Å². The number of piperazine rings is 1. The number of thiazole rings is 1. The Kier molecular flexibility index (Phi) is 5.78. The first kappa shape index (κ1) is 18.9. The second kappa shape index (κ2) is 8.27. The van der Waals surface area contributed by atoms with Crippen LogP contribution in [0.3, 0.4) is 0 Å². The summed E-state index contributed by atoms with van der Waals surface area (Å²) in [6, 6.07) is 13.3. The molecule has 140 valence electrons. The number of carbonyl (C=O) groups excluding carboxylic acids is 1. The molecule has 0 unspecified atom stereocenters. The summed E-state index contributed by atoms with van der Waals surface area (Å²) < 4.78 is 1.09. The van der Waals surface area contributed by atoms with Crippen molar-refractivity contribution in [3.8, 4) is 0 Å². The Hall–Kier alpha value is -1.47. The van der Waals surface area contributed by atoms with Gasteiger partial charge in [0.05, 0.1) is 16.0 Å². The van der Waals surface area contributed by atoms with Gasteiger partial charge in [-0.3, -0.25) is 4.79 Å². The molecule has 2 aromatic carbocycles. The number of amides is 1.